The van der Waals surface area contributed by atoms with Crippen molar-refractivity contribution in [3.05, 3.63) is 4.88 Å². The summed E-state index contributed by atoms with van der Waals surface area (Å²) in [6, 6.07) is 0. The fraction of sp³-hybridized carbons (Fsp3) is 0.692. The van der Waals surface area contributed by atoms with Gasteiger partial charge in [0.05, 0.1) is 0 Å². The Morgan fingerprint density at radius 2 is 2.32 bits per heavy atom. The lowest BCUT2D eigenvalue weighted by atomic mass is 9.89. The van der Waals surface area contributed by atoms with Gasteiger partial charge in [-0.05, 0) is 37.0 Å². The molecule has 0 aliphatic heterocycles. The molecule has 3 unspecified atom stereocenters. The van der Waals surface area contributed by atoms with Crippen LogP contribution in [0.25, 0.3) is 0 Å². The van der Waals surface area contributed by atoms with Crippen molar-refractivity contribution in [1.82, 2.24) is 10.3 Å². The zero-order chi connectivity index (χ0) is 13.4. The molecule has 4 N–H and O–H groups in total. The smallest absolute Gasteiger partial charge is 0.265 e. The van der Waals surface area contributed by atoms with E-state index in [1.807, 2.05) is 0 Å². The normalized spacial score (nSPS) is 28.6. The summed E-state index contributed by atoms with van der Waals surface area (Å²) in [6.45, 7) is 0.784. The number of hydrogen-bond donors (Lipinski definition) is 3. The molecule has 2 bridgehead atoms. The number of hydrogen-bond acceptors (Lipinski definition) is 5. The molecule has 1 aromatic heterocycles. The molecule has 0 saturated heterocycles. The van der Waals surface area contributed by atoms with E-state index in [0.29, 0.717) is 21.7 Å². The molecule has 0 radical (unpaired) electrons. The Balaban J connectivity index is 1.57. The van der Waals surface area contributed by atoms with Gasteiger partial charge < -0.3 is 16.4 Å². The molecule has 3 atom stereocenters. The van der Waals surface area contributed by atoms with Gasteiger partial charge in [-0.3, -0.25) is 4.79 Å². The van der Waals surface area contributed by atoms with Crippen molar-refractivity contribution in [1.29, 1.82) is 0 Å². The van der Waals surface area contributed by atoms with Crippen LogP contribution in [0.4, 0.5) is 10.9 Å². The molecule has 6 heteroatoms. The van der Waals surface area contributed by atoms with Crippen molar-refractivity contribution < 1.29 is 4.79 Å². The molecule has 2 aliphatic rings. The molecule has 3 rings (SSSR count). The van der Waals surface area contributed by atoms with Gasteiger partial charge in [-0.15, -0.1) is 0 Å². The molecule has 0 aromatic carbocycles. The minimum atomic E-state index is -0.0840. The molecule has 19 heavy (non-hydrogen) atoms. The molecule has 2 fully saturated rings. The van der Waals surface area contributed by atoms with Crippen LogP contribution in [-0.2, 0) is 0 Å². The van der Waals surface area contributed by atoms with Gasteiger partial charge in [-0.1, -0.05) is 17.8 Å². The van der Waals surface area contributed by atoms with Crippen molar-refractivity contribution in [2.24, 2.45) is 17.8 Å². The zero-order valence-corrected chi connectivity index (χ0v) is 11.9. The van der Waals surface area contributed by atoms with Crippen LogP contribution < -0.4 is 16.4 Å². The van der Waals surface area contributed by atoms with Gasteiger partial charge in [-0.2, -0.15) is 0 Å². The van der Waals surface area contributed by atoms with Crippen molar-refractivity contribution in [3.8, 4) is 0 Å². The van der Waals surface area contributed by atoms with E-state index in [1.165, 1.54) is 37.0 Å². The molecule has 2 saturated carbocycles. The fourth-order valence-corrected chi connectivity index (χ4v) is 4.29. The van der Waals surface area contributed by atoms with Crippen LogP contribution in [0, 0.1) is 17.8 Å². The number of carbonyl (C=O) groups is 1. The monoisotopic (exact) mass is 280 g/mol. The van der Waals surface area contributed by atoms with Crippen LogP contribution in [0.2, 0.25) is 0 Å². The van der Waals surface area contributed by atoms with Crippen molar-refractivity contribution in [2.45, 2.75) is 25.7 Å². The number of thiazole rings is 1. The zero-order valence-electron chi connectivity index (χ0n) is 11.1. The van der Waals surface area contributed by atoms with Gasteiger partial charge in [0.2, 0.25) is 0 Å². The van der Waals surface area contributed by atoms with E-state index >= 15 is 0 Å². The SMILES string of the molecule is CNc1nc(N)c(C(=O)NCC2CC3CCC2C3)s1. The molecule has 1 amide bonds. The maximum absolute atomic E-state index is 12.1. The van der Waals surface area contributed by atoms with Crippen molar-refractivity contribution >= 4 is 28.2 Å². The number of nitrogen functional groups attached to an aromatic ring is 1. The third-order valence-corrected chi connectivity index (χ3v) is 5.57. The number of rotatable bonds is 4. The minimum Gasteiger partial charge on any atom is -0.382 e. The van der Waals surface area contributed by atoms with Crippen molar-refractivity contribution in [3.63, 3.8) is 0 Å². The molecular weight excluding hydrogens is 260 g/mol. The van der Waals surface area contributed by atoms with Crippen LogP contribution in [0.1, 0.15) is 35.4 Å². The highest BCUT2D eigenvalue weighted by atomic mass is 32.1. The number of fused-ring (bicyclic) bond motifs is 2. The Morgan fingerprint density at radius 3 is 2.89 bits per heavy atom. The number of amides is 1. The van der Waals surface area contributed by atoms with Gasteiger partial charge in [0.15, 0.2) is 5.13 Å². The Morgan fingerprint density at radius 1 is 1.47 bits per heavy atom. The summed E-state index contributed by atoms with van der Waals surface area (Å²) in [5.74, 6) is 2.65. The van der Waals surface area contributed by atoms with E-state index in [2.05, 4.69) is 15.6 Å². The summed E-state index contributed by atoms with van der Waals surface area (Å²) >= 11 is 1.31. The second-order valence-corrected chi connectivity index (χ2v) is 6.63. The minimum absolute atomic E-state index is 0.0840. The van der Waals surface area contributed by atoms with Crippen LogP contribution >= 0.6 is 11.3 Å². The Bertz CT molecular complexity index is 487. The van der Waals surface area contributed by atoms with Crippen LogP contribution in [0.15, 0.2) is 0 Å². The quantitative estimate of drug-likeness (QED) is 0.787. The van der Waals surface area contributed by atoms with E-state index in [1.54, 1.807) is 7.05 Å². The lowest BCUT2D eigenvalue weighted by Crippen LogP contribution is -2.31. The van der Waals surface area contributed by atoms with Gasteiger partial charge in [0, 0.05) is 13.6 Å². The predicted octanol–water partition coefficient (Wildman–Crippen LogP) is 1.93. The summed E-state index contributed by atoms with van der Waals surface area (Å²) in [5.41, 5.74) is 5.76. The Kier molecular flexibility index (Phi) is 3.35. The summed E-state index contributed by atoms with van der Waals surface area (Å²) < 4.78 is 0. The lowest BCUT2D eigenvalue weighted by Gasteiger charge is -2.21. The van der Waals surface area contributed by atoms with Crippen LogP contribution in [-0.4, -0.2) is 24.5 Å². The topological polar surface area (TPSA) is 80.0 Å². The predicted molar refractivity (Wildman–Crippen MR) is 77.3 cm³/mol. The molecule has 1 aromatic rings. The van der Waals surface area contributed by atoms with Crippen molar-refractivity contribution in [2.75, 3.05) is 24.6 Å². The molecule has 5 nitrogen and oxygen atoms in total. The van der Waals surface area contributed by atoms with E-state index < -0.39 is 0 Å². The number of nitrogens with one attached hydrogen (secondary N) is 2. The maximum Gasteiger partial charge on any atom is 0.265 e. The Labute approximate surface area is 117 Å². The molecule has 0 spiro atoms. The molecule has 104 valence electrons. The first-order valence-corrected chi connectivity index (χ1v) is 7.71. The van der Waals surface area contributed by atoms with E-state index in [0.717, 1.165) is 18.4 Å². The molecule has 2 aliphatic carbocycles. The maximum atomic E-state index is 12.1. The highest BCUT2D eigenvalue weighted by Crippen LogP contribution is 2.47. The molecular formula is C13H20N4OS. The number of nitrogens with zero attached hydrogens (tertiary/aromatic N) is 1. The first kappa shape index (κ1) is 12.7. The van der Waals surface area contributed by atoms with E-state index in [9.17, 15) is 4.79 Å². The second-order valence-electron chi connectivity index (χ2n) is 5.63. The lowest BCUT2D eigenvalue weighted by molar-refractivity contribution is 0.0946. The summed E-state index contributed by atoms with van der Waals surface area (Å²) in [5, 5.41) is 6.62. The summed E-state index contributed by atoms with van der Waals surface area (Å²) in [7, 11) is 1.77. The third kappa shape index (κ3) is 2.41. The number of aromatic nitrogens is 1. The average Bonchev–Trinajstić information content (AvgIpc) is 3.10. The first-order chi connectivity index (χ1) is 9.17. The van der Waals surface area contributed by atoms with Gasteiger partial charge >= 0.3 is 0 Å². The van der Waals surface area contributed by atoms with Gasteiger partial charge in [-0.25, -0.2) is 4.98 Å². The van der Waals surface area contributed by atoms with E-state index in [-0.39, 0.29) is 5.91 Å². The number of carbonyl (C=O) groups excluding carboxylic acids is 1. The first-order valence-electron chi connectivity index (χ1n) is 6.89. The standard InChI is InChI=1S/C13H20N4OS/c1-15-13-17-11(14)10(19-13)12(18)16-6-9-5-7-2-3-8(9)4-7/h7-9H,2-6,14H2,1H3,(H,15,17)(H,16,18). The largest absolute Gasteiger partial charge is 0.382 e. The number of anilines is 2. The number of nitrogens with two attached hydrogens (primary N) is 1. The average molecular weight is 280 g/mol. The fourth-order valence-electron chi connectivity index (χ4n) is 3.53. The van der Waals surface area contributed by atoms with Gasteiger partial charge in [0.1, 0.15) is 10.7 Å². The van der Waals surface area contributed by atoms with Crippen LogP contribution in [0.5, 0.6) is 0 Å². The highest BCUT2D eigenvalue weighted by molar-refractivity contribution is 7.18. The third-order valence-electron chi connectivity index (χ3n) is 4.48. The van der Waals surface area contributed by atoms with E-state index in [4.69, 9.17) is 5.73 Å². The van der Waals surface area contributed by atoms with Crippen LogP contribution in [0.3, 0.4) is 0 Å². The summed E-state index contributed by atoms with van der Waals surface area (Å²) in [4.78, 5) is 16.7. The summed E-state index contributed by atoms with van der Waals surface area (Å²) in [6.07, 6.45) is 5.39. The highest BCUT2D eigenvalue weighted by Gasteiger charge is 2.39. The second kappa shape index (κ2) is 5.00. The molecule has 1 heterocycles. The van der Waals surface area contributed by atoms with Gasteiger partial charge in [0.25, 0.3) is 5.91 Å². The Hall–Kier alpha value is -1.30.